The normalized spacial score (nSPS) is 21.9. The van der Waals surface area contributed by atoms with Gasteiger partial charge in [0.1, 0.15) is 5.75 Å². The molecule has 30 heavy (non-hydrogen) atoms. The zero-order valence-electron chi connectivity index (χ0n) is 17.3. The van der Waals surface area contributed by atoms with Crippen LogP contribution in [0.5, 0.6) is 5.75 Å². The Morgan fingerprint density at radius 1 is 1.03 bits per heavy atom. The van der Waals surface area contributed by atoms with Crippen LogP contribution in [0.2, 0.25) is 0 Å². The van der Waals surface area contributed by atoms with Crippen LogP contribution in [0.4, 0.5) is 0 Å². The average Bonchev–Trinajstić information content (AvgIpc) is 3.37. The van der Waals surface area contributed by atoms with Crippen LogP contribution < -0.4 is 15.8 Å². The molecule has 0 radical (unpaired) electrons. The van der Waals surface area contributed by atoms with Crippen LogP contribution in [0.15, 0.2) is 54.6 Å². The number of nitrogens with two attached hydrogens (primary N) is 1. The van der Waals surface area contributed by atoms with Crippen LogP contribution in [0.1, 0.15) is 42.7 Å². The number of hydrogen-bond acceptors (Lipinski definition) is 4. The lowest BCUT2D eigenvalue weighted by molar-refractivity contribution is -0.122. The van der Waals surface area contributed by atoms with E-state index in [4.69, 9.17) is 10.5 Å². The molecule has 1 amide bonds. The summed E-state index contributed by atoms with van der Waals surface area (Å²) < 4.78 is 6.17. The lowest BCUT2D eigenvalue weighted by Crippen LogP contribution is -2.37. The van der Waals surface area contributed by atoms with E-state index in [-0.39, 0.29) is 30.3 Å². The van der Waals surface area contributed by atoms with Crippen LogP contribution >= 0.6 is 12.4 Å². The molecule has 5 nitrogen and oxygen atoms in total. The van der Waals surface area contributed by atoms with Crippen molar-refractivity contribution in [3.8, 4) is 5.75 Å². The van der Waals surface area contributed by atoms with Crippen LogP contribution in [0.25, 0.3) is 0 Å². The number of carbonyl (C=O) groups is 1. The molecule has 0 bridgehead atoms. The summed E-state index contributed by atoms with van der Waals surface area (Å²) in [7, 11) is 0. The summed E-state index contributed by atoms with van der Waals surface area (Å²) in [5, 5.41) is 3.06. The Morgan fingerprint density at radius 2 is 1.73 bits per heavy atom. The van der Waals surface area contributed by atoms with Gasteiger partial charge in [0.25, 0.3) is 0 Å². The molecule has 0 spiro atoms. The van der Waals surface area contributed by atoms with Crippen molar-refractivity contribution in [3.63, 3.8) is 0 Å². The molecule has 0 unspecified atom stereocenters. The largest absolute Gasteiger partial charge is 0.490 e. The van der Waals surface area contributed by atoms with Crippen LogP contribution in [-0.2, 0) is 11.3 Å². The second-order valence-corrected chi connectivity index (χ2v) is 8.28. The predicted molar refractivity (Wildman–Crippen MR) is 122 cm³/mol. The van der Waals surface area contributed by atoms with Gasteiger partial charge in [0.2, 0.25) is 5.91 Å². The third-order valence-electron chi connectivity index (χ3n) is 6.08. The van der Waals surface area contributed by atoms with Crippen molar-refractivity contribution in [2.45, 2.75) is 50.3 Å². The Bertz CT molecular complexity index is 811. The first-order valence-corrected chi connectivity index (χ1v) is 10.7. The number of nitrogens with zero attached hydrogens (tertiary/aromatic N) is 1. The van der Waals surface area contributed by atoms with Gasteiger partial charge in [0.05, 0.1) is 12.6 Å². The molecule has 162 valence electrons. The number of halogens is 1. The Hall–Kier alpha value is -2.08. The molecule has 1 aliphatic heterocycles. The topological polar surface area (TPSA) is 67.6 Å². The first-order valence-electron chi connectivity index (χ1n) is 10.7. The fourth-order valence-electron chi connectivity index (χ4n) is 4.50. The number of hydrogen-bond donors (Lipinski definition) is 2. The highest BCUT2D eigenvalue weighted by molar-refractivity contribution is 5.85. The molecule has 4 rings (SSSR count). The van der Waals surface area contributed by atoms with E-state index in [0.29, 0.717) is 19.2 Å². The van der Waals surface area contributed by atoms with Crippen molar-refractivity contribution >= 4 is 18.3 Å². The van der Waals surface area contributed by atoms with Gasteiger partial charge in [-0.05, 0) is 37.3 Å². The highest BCUT2D eigenvalue weighted by Gasteiger charge is 2.32. The number of nitrogens with one attached hydrogen (secondary N) is 1. The van der Waals surface area contributed by atoms with E-state index in [1.54, 1.807) is 0 Å². The maximum atomic E-state index is 12.5. The molecule has 1 saturated carbocycles. The first kappa shape index (κ1) is 22.6. The molecule has 1 heterocycles. The highest BCUT2D eigenvalue weighted by Crippen LogP contribution is 2.27. The zero-order valence-corrected chi connectivity index (χ0v) is 18.2. The quantitative estimate of drug-likeness (QED) is 0.707. The maximum absolute atomic E-state index is 12.5. The van der Waals surface area contributed by atoms with Gasteiger partial charge in [0.15, 0.2) is 0 Å². The van der Waals surface area contributed by atoms with Crippen LogP contribution in [0, 0.1) is 0 Å². The van der Waals surface area contributed by atoms with E-state index in [1.807, 2.05) is 42.5 Å². The molecule has 1 aliphatic carbocycles. The average molecular weight is 430 g/mol. The summed E-state index contributed by atoms with van der Waals surface area (Å²) in [6.07, 6.45) is 5.04. The standard InChI is InChI=1S/C24H31N3O2.ClH/c25-22-16-27(15-21(22)18-8-2-1-3-9-18)17-24(28)26-14-19-10-4-7-13-23(19)29-20-11-5-6-12-20;/h1-4,7-10,13,20-22H,5-6,11-12,14-17,25H2,(H,26,28);1H/t21-,22+;/m0./s1. The van der Waals surface area contributed by atoms with E-state index in [2.05, 4.69) is 22.3 Å². The van der Waals surface area contributed by atoms with Crippen LogP contribution in [0.3, 0.4) is 0 Å². The monoisotopic (exact) mass is 429 g/mol. The lowest BCUT2D eigenvalue weighted by Gasteiger charge is -2.18. The fourth-order valence-corrected chi connectivity index (χ4v) is 4.50. The van der Waals surface area contributed by atoms with E-state index in [1.165, 1.54) is 18.4 Å². The van der Waals surface area contributed by atoms with Crippen molar-refractivity contribution in [2.75, 3.05) is 19.6 Å². The number of ether oxygens (including phenoxy) is 1. The molecular weight excluding hydrogens is 398 g/mol. The molecule has 3 N–H and O–H groups in total. The molecule has 1 saturated heterocycles. The molecular formula is C24H32ClN3O2. The van der Waals surface area contributed by atoms with E-state index in [0.717, 1.165) is 37.2 Å². The van der Waals surface area contributed by atoms with Crippen LogP contribution in [-0.4, -0.2) is 42.6 Å². The summed E-state index contributed by atoms with van der Waals surface area (Å²) in [6, 6.07) is 18.4. The Labute approximate surface area is 185 Å². The minimum atomic E-state index is 0. The van der Waals surface area contributed by atoms with Crippen molar-refractivity contribution in [1.82, 2.24) is 10.2 Å². The van der Waals surface area contributed by atoms with Gasteiger partial charge in [-0.3, -0.25) is 9.69 Å². The second-order valence-electron chi connectivity index (χ2n) is 8.28. The minimum absolute atomic E-state index is 0. The molecule has 2 atom stereocenters. The van der Waals surface area contributed by atoms with E-state index >= 15 is 0 Å². The summed E-state index contributed by atoms with van der Waals surface area (Å²) in [5.41, 5.74) is 8.64. The fraction of sp³-hybridized carbons (Fsp3) is 0.458. The zero-order chi connectivity index (χ0) is 20.1. The number of likely N-dealkylation sites (tertiary alicyclic amines) is 1. The Kier molecular flexibility index (Phi) is 8.14. The van der Waals surface area contributed by atoms with Crippen molar-refractivity contribution in [2.24, 2.45) is 5.73 Å². The third-order valence-corrected chi connectivity index (χ3v) is 6.08. The Balaban J connectivity index is 0.00000256. The van der Waals surface area contributed by atoms with Gasteiger partial charge in [0, 0.05) is 37.2 Å². The summed E-state index contributed by atoms with van der Waals surface area (Å²) in [5.74, 6) is 1.21. The highest BCUT2D eigenvalue weighted by atomic mass is 35.5. The number of amides is 1. The smallest absolute Gasteiger partial charge is 0.234 e. The molecule has 2 fully saturated rings. The first-order chi connectivity index (χ1) is 14.2. The van der Waals surface area contributed by atoms with Gasteiger partial charge < -0.3 is 15.8 Å². The van der Waals surface area contributed by atoms with Gasteiger partial charge in [-0.2, -0.15) is 0 Å². The number of carbonyl (C=O) groups excluding carboxylic acids is 1. The second kappa shape index (κ2) is 10.8. The predicted octanol–water partition coefficient (Wildman–Crippen LogP) is 3.47. The van der Waals surface area contributed by atoms with E-state index < -0.39 is 0 Å². The van der Waals surface area contributed by atoms with Gasteiger partial charge in [-0.15, -0.1) is 12.4 Å². The number of benzene rings is 2. The number of para-hydroxylation sites is 1. The van der Waals surface area contributed by atoms with E-state index in [9.17, 15) is 4.79 Å². The SMILES string of the molecule is Cl.N[C@@H]1CN(CC(=O)NCc2ccccc2OC2CCCC2)C[C@H]1c1ccccc1. The van der Waals surface area contributed by atoms with Gasteiger partial charge >= 0.3 is 0 Å². The van der Waals surface area contributed by atoms with Crippen molar-refractivity contribution < 1.29 is 9.53 Å². The molecule has 2 aromatic carbocycles. The minimum Gasteiger partial charge on any atom is -0.490 e. The molecule has 6 heteroatoms. The summed E-state index contributed by atoms with van der Waals surface area (Å²) in [4.78, 5) is 14.7. The Morgan fingerprint density at radius 3 is 2.50 bits per heavy atom. The maximum Gasteiger partial charge on any atom is 0.234 e. The molecule has 2 aromatic rings. The molecule has 0 aromatic heterocycles. The lowest BCUT2D eigenvalue weighted by atomic mass is 9.95. The number of rotatable bonds is 7. The summed E-state index contributed by atoms with van der Waals surface area (Å²) >= 11 is 0. The van der Waals surface area contributed by atoms with Gasteiger partial charge in [-0.1, -0.05) is 48.5 Å². The molecule has 2 aliphatic rings. The third kappa shape index (κ3) is 5.75. The van der Waals surface area contributed by atoms with Crippen molar-refractivity contribution in [3.05, 3.63) is 65.7 Å². The van der Waals surface area contributed by atoms with Gasteiger partial charge in [-0.25, -0.2) is 0 Å². The van der Waals surface area contributed by atoms with Crippen molar-refractivity contribution in [1.29, 1.82) is 0 Å². The summed E-state index contributed by atoms with van der Waals surface area (Å²) in [6.45, 7) is 2.43.